The second-order valence-electron chi connectivity index (χ2n) is 7.78. The average Bonchev–Trinajstić information content (AvgIpc) is 3.46. The van der Waals surface area contributed by atoms with E-state index in [1.165, 1.54) is 37.7 Å². The lowest BCUT2D eigenvalue weighted by Gasteiger charge is -2.26. The van der Waals surface area contributed by atoms with Gasteiger partial charge in [0.1, 0.15) is 23.6 Å². The Bertz CT molecular complexity index is 1420. The molecule has 0 unspecified atom stereocenters. The third kappa shape index (κ3) is 4.29. The van der Waals surface area contributed by atoms with E-state index >= 15 is 0 Å². The molecule has 0 spiro atoms. The SMILES string of the molecule is C[C@@H](c1nc(C(=O)Nc2cnoc2)c(O)c(=O)n1C)[C@H](c1cnn(C)c1)c1cc(F)ccc1Cl. The zero-order valence-electron chi connectivity index (χ0n) is 18.4. The summed E-state index contributed by atoms with van der Waals surface area (Å²) in [6.07, 6.45) is 5.80. The number of carbonyl (C=O) groups excluding carboxylic acids is 1. The number of benzene rings is 1. The van der Waals surface area contributed by atoms with Crippen molar-refractivity contribution in [3.05, 3.63) is 86.9 Å². The molecule has 3 heterocycles. The fourth-order valence-electron chi connectivity index (χ4n) is 3.87. The maximum Gasteiger partial charge on any atom is 0.296 e. The Kier molecular flexibility index (Phi) is 6.20. The molecule has 176 valence electrons. The molecule has 0 aliphatic rings. The number of carbonyl (C=O) groups is 1. The molecule has 0 saturated carbocycles. The summed E-state index contributed by atoms with van der Waals surface area (Å²) in [5.74, 6) is -3.12. The molecule has 0 saturated heterocycles. The minimum atomic E-state index is -0.825. The van der Waals surface area contributed by atoms with Crippen LogP contribution in [0.15, 0.2) is 52.4 Å². The van der Waals surface area contributed by atoms with Gasteiger partial charge in [0.15, 0.2) is 5.69 Å². The normalized spacial score (nSPS) is 13.0. The highest BCUT2D eigenvalue weighted by molar-refractivity contribution is 6.31. The van der Waals surface area contributed by atoms with Gasteiger partial charge in [-0.2, -0.15) is 5.10 Å². The van der Waals surface area contributed by atoms with Crippen molar-refractivity contribution in [1.29, 1.82) is 0 Å². The Morgan fingerprint density at radius 3 is 2.71 bits per heavy atom. The van der Waals surface area contributed by atoms with Crippen LogP contribution in [0.3, 0.4) is 0 Å². The Morgan fingerprint density at radius 1 is 1.29 bits per heavy atom. The third-order valence-electron chi connectivity index (χ3n) is 5.49. The van der Waals surface area contributed by atoms with E-state index in [1.54, 1.807) is 31.0 Å². The highest BCUT2D eigenvalue weighted by Crippen LogP contribution is 2.40. The average molecular weight is 487 g/mol. The summed E-state index contributed by atoms with van der Waals surface area (Å²) < 4.78 is 21.6. The van der Waals surface area contributed by atoms with Gasteiger partial charge in [0.05, 0.1) is 12.4 Å². The maximum absolute atomic E-state index is 14.2. The van der Waals surface area contributed by atoms with Crippen LogP contribution in [0.1, 0.15) is 46.2 Å². The second kappa shape index (κ2) is 9.10. The molecule has 0 bridgehead atoms. The molecule has 3 aromatic heterocycles. The summed E-state index contributed by atoms with van der Waals surface area (Å²) in [5, 5.41) is 20.8. The standard InChI is InChI=1S/C22H20ClFN6O4/c1-11(17(12-7-25-29(2)9-12)15-6-13(24)4-5-16(15)23)20-28-18(19(31)22(33)30(20)3)21(32)27-14-8-26-34-10-14/h4-11,17,31H,1-3H3,(H,27,32)/t11-,17-/m1/s1. The molecule has 4 aromatic rings. The van der Waals surface area contributed by atoms with Crippen molar-refractivity contribution in [2.45, 2.75) is 18.8 Å². The number of amides is 1. The van der Waals surface area contributed by atoms with Crippen LogP contribution in [-0.4, -0.2) is 35.5 Å². The van der Waals surface area contributed by atoms with Crippen molar-refractivity contribution in [2.75, 3.05) is 5.32 Å². The lowest BCUT2D eigenvalue weighted by molar-refractivity contribution is 0.101. The number of nitrogens with zero attached hydrogens (tertiary/aromatic N) is 5. The van der Waals surface area contributed by atoms with Gasteiger partial charge in [-0.3, -0.25) is 18.8 Å². The van der Waals surface area contributed by atoms with Gasteiger partial charge in [-0.05, 0) is 29.3 Å². The van der Waals surface area contributed by atoms with Crippen molar-refractivity contribution < 1.29 is 18.8 Å². The number of hydrogen-bond acceptors (Lipinski definition) is 7. The summed E-state index contributed by atoms with van der Waals surface area (Å²) in [5.41, 5.74) is 0.0885. The number of anilines is 1. The van der Waals surface area contributed by atoms with E-state index in [4.69, 9.17) is 11.6 Å². The molecule has 4 rings (SSSR count). The lowest BCUT2D eigenvalue weighted by atomic mass is 9.82. The van der Waals surface area contributed by atoms with E-state index in [0.717, 1.165) is 4.57 Å². The fourth-order valence-corrected chi connectivity index (χ4v) is 4.10. The number of rotatable bonds is 6. The predicted octanol–water partition coefficient (Wildman–Crippen LogP) is 3.19. The highest BCUT2D eigenvalue weighted by Gasteiger charge is 2.31. The Morgan fingerprint density at radius 2 is 2.06 bits per heavy atom. The van der Waals surface area contributed by atoms with E-state index in [-0.39, 0.29) is 11.5 Å². The monoisotopic (exact) mass is 486 g/mol. The molecular weight excluding hydrogens is 467 g/mol. The molecule has 2 N–H and O–H groups in total. The summed E-state index contributed by atoms with van der Waals surface area (Å²) in [7, 11) is 3.16. The maximum atomic E-state index is 14.2. The van der Waals surface area contributed by atoms with Gasteiger partial charge in [-0.25, -0.2) is 9.37 Å². The van der Waals surface area contributed by atoms with Crippen molar-refractivity contribution in [1.82, 2.24) is 24.5 Å². The van der Waals surface area contributed by atoms with Crippen molar-refractivity contribution in [3.8, 4) is 5.75 Å². The van der Waals surface area contributed by atoms with Crippen molar-refractivity contribution in [2.24, 2.45) is 14.1 Å². The first-order chi connectivity index (χ1) is 16.2. The van der Waals surface area contributed by atoms with Crippen LogP contribution in [0.2, 0.25) is 5.02 Å². The summed E-state index contributed by atoms with van der Waals surface area (Å²) >= 11 is 6.43. The summed E-state index contributed by atoms with van der Waals surface area (Å²) in [6, 6.07) is 4.01. The molecule has 0 aliphatic heterocycles. The minimum Gasteiger partial charge on any atom is -0.501 e. The number of aromatic hydroxyl groups is 1. The fraction of sp³-hybridized carbons (Fsp3) is 0.227. The zero-order chi connectivity index (χ0) is 24.6. The molecule has 12 heteroatoms. The lowest BCUT2D eigenvalue weighted by Crippen LogP contribution is -2.29. The highest BCUT2D eigenvalue weighted by atomic mass is 35.5. The molecule has 10 nitrogen and oxygen atoms in total. The molecule has 1 amide bonds. The predicted molar refractivity (Wildman–Crippen MR) is 120 cm³/mol. The van der Waals surface area contributed by atoms with E-state index in [1.807, 2.05) is 0 Å². The van der Waals surface area contributed by atoms with Crippen LogP contribution in [0.4, 0.5) is 10.1 Å². The number of halogens is 2. The quantitative estimate of drug-likeness (QED) is 0.428. The number of aryl methyl sites for hydroxylation is 1. The van der Waals surface area contributed by atoms with Gasteiger partial charge >= 0.3 is 0 Å². The Hall–Kier alpha value is -3.99. The molecule has 0 aliphatic carbocycles. The number of hydrogen-bond donors (Lipinski definition) is 2. The first kappa shape index (κ1) is 23.2. The molecule has 34 heavy (non-hydrogen) atoms. The van der Waals surface area contributed by atoms with Gasteiger partial charge in [-0.15, -0.1) is 0 Å². The van der Waals surface area contributed by atoms with Crippen LogP contribution < -0.4 is 10.9 Å². The first-order valence-corrected chi connectivity index (χ1v) is 10.5. The number of aromatic nitrogens is 5. The zero-order valence-corrected chi connectivity index (χ0v) is 19.1. The minimum absolute atomic E-state index is 0.174. The molecule has 0 fully saturated rings. The van der Waals surface area contributed by atoms with E-state index < -0.39 is 40.6 Å². The molecule has 0 radical (unpaired) electrons. The number of nitrogens with one attached hydrogen (secondary N) is 1. The Balaban J connectivity index is 1.85. The largest absolute Gasteiger partial charge is 0.501 e. The second-order valence-corrected chi connectivity index (χ2v) is 8.19. The van der Waals surface area contributed by atoms with Crippen LogP contribution in [0, 0.1) is 5.82 Å². The van der Waals surface area contributed by atoms with Crippen LogP contribution in [0.5, 0.6) is 5.75 Å². The van der Waals surface area contributed by atoms with Crippen molar-refractivity contribution >= 4 is 23.2 Å². The topological polar surface area (TPSA) is 128 Å². The smallest absolute Gasteiger partial charge is 0.296 e. The van der Waals surface area contributed by atoms with Gasteiger partial charge in [0.2, 0.25) is 5.75 Å². The van der Waals surface area contributed by atoms with Crippen LogP contribution >= 0.6 is 11.6 Å². The molecule has 2 atom stereocenters. The van der Waals surface area contributed by atoms with Crippen LogP contribution in [-0.2, 0) is 14.1 Å². The third-order valence-corrected chi connectivity index (χ3v) is 5.84. The van der Waals surface area contributed by atoms with E-state index in [9.17, 15) is 19.1 Å². The van der Waals surface area contributed by atoms with E-state index in [2.05, 4.69) is 25.1 Å². The summed E-state index contributed by atoms with van der Waals surface area (Å²) in [6.45, 7) is 1.76. The van der Waals surface area contributed by atoms with Crippen molar-refractivity contribution in [3.63, 3.8) is 0 Å². The van der Waals surface area contributed by atoms with Gasteiger partial charge in [0, 0.05) is 37.2 Å². The summed E-state index contributed by atoms with van der Waals surface area (Å²) in [4.78, 5) is 29.9. The Labute approximate surface area is 197 Å². The molecule has 1 aromatic carbocycles. The van der Waals surface area contributed by atoms with Gasteiger partial charge < -0.3 is 14.9 Å². The van der Waals surface area contributed by atoms with E-state index in [0.29, 0.717) is 16.1 Å². The first-order valence-electron chi connectivity index (χ1n) is 10.1. The van der Waals surface area contributed by atoms with Crippen LogP contribution in [0.25, 0.3) is 0 Å². The van der Waals surface area contributed by atoms with Gasteiger partial charge in [-0.1, -0.05) is 23.7 Å². The van der Waals surface area contributed by atoms with Gasteiger partial charge in [0.25, 0.3) is 11.5 Å². The molecular formula is C22H20ClFN6O4.